The Bertz CT molecular complexity index is 1090. The van der Waals surface area contributed by atoms with Gasteiger partial charge in [0.25, 0.3) is 0 Å². The molecule has 2 amide bonds. The molecule has 0 bridgehead atoms. The van der Waals surface area contributed by atoms with Gasteiger partial charge in [-0.25, -0.2) is 9.67 Å². The van der Waals surface area contributed by atoms with Crippen LogP contribution in [0.2, 0.25) is 0 Å². The Morgan fingerprint density at radius 2 is 2.00 bits per heavy atom. The van der Waals surface area contributed by atoms with Crippen LogP contribution in [-0.2, 0) is 9.59 Å². The Balaban J connectivity index is 1.67. The highest BCUT2D eigenvalue weighted by Crippen LogP contribution is 2.23. The summed E-state index contributed by atoms with van der Waals surface area (Å²) in [6, 6.07) is 9.62. The molecule has 0 spiro atoms. The molecule has 0 saturated carbocycles. The van der Waals surface area contributed by atoms with Crippen LogP contribution in [0.5, 0.6) is 0 Å². The van der Waals surface area contributed by atoms with Gasteiger partial charge in [-0.15, -0.1) is 0 Å². The van der Waals surface area contributed by atoms with Gasteiger partial charge in [-0.3, -0.25) is 9.59 Å². The second-order valence-electron chi connectivity index (χ2n) is 8.33. The lowest BCUT2D eigenvalue weighted by Gasteiger charge is -2.19. The summed E-state index contributed by atoms with van der Waals surface area (Å²) in [5.41, 5.74) is 8.24. The summed E-state index contributed by atoms with van der Waals surface area (Å²) in [5, 5.41) is 9.98. The molecular formula is C25H34N8O2. The van der Waals surface area contributed by atoms with Crippen molar-refractivity contribution in [2.24, 2.45) is 5.73 Å². The Morgan fingerprint density at radius 3 is 2.69 bits per heavy atom. The monoisotopic (exact) mass is 478 g/mol. The van der Waals surface area contributed by atoms with Crippen LogP contribution < -0.4 is 16.4 Å². The van der Waals surface area contributed by atoms with E-state index in [0.717, 1.165) is 36.2 Å². The molecule has 5 N–H and O–H groups in total. The lowest BCUT2D eigenvalue weighted by atomic mass is 10.1. The van der Waals surface area contributed by atoms with Gasteiger partial charge in [0.15, 0.2) is 0 Å². The van der Waals surface area contributed by atoms with Crippen LogP contribution in [0.1, 0.15) is 44.0 Å². The number of carbonyl (C=O) groups is 2. The number of rotatable bonds is 13. The SMILES string of the molecule is CNC(=O)CCCCC[C@H](NC(=O)CN(C)/C=C\N)c1ncc(-c2ccc(-n3cccn3)cc2)[nH]1. The highest BCUT2D eigenvalue weighted by molar-refractivity contribution is 5.78. The van der Waals surface area contributed by atoms with Gasteiger partial charge in [0, 0.05) is 45.3 Å². The van der Waals surface area contributed by atoms with Crippen LogP contribution in [0.3, 0.4) is 0 Å². The molecule has 186 valence electrons. The van der Waals surface area contributed by atoms with Crippen LogP contribution in [-0.4, -0.2) is 57.1 Å². The maximum atomic E-state index is 12.6. The fourth-order valence-corrected chi connectivity index (χ4v) is 3.75. The lowest BCUT2D eigenvalue weighted by molar-refractivity contribution is -0.122. The van der Waals surface area contributed by atoms with Crippen molar-refractivity contribution in [3.8, 4) is 16.9 Å². The van der Waals surface area contributed by atoms with E-state index in [1.807, 2.05) is 36.5 Å². The number of unbranched alkanes of at least 4 members (excludes halogenated alkanes) is 2. The van der Waals surface area contributed by atoms with E-state index in [2.05, 4.69) is 25.7 Å². The lowest BCUT2D eigenvalue weighted by Crippen LogP contribution is -2.36. The molecule has 35 heavy (non-hydrogen) atoms. The average molecular weight is 479 g/mol. The van der Waals surface area contributed by atoms with Gasteiger partial charge in [0.1, 0.15) is 5.82 Å². The topological polar surface area (TPSA) is 134 Å². The number of carbonyl (C=O) groups excluding carboxylic acids is 2. The van der Waals surface area contributed by atoms with Crippen LogP contribution >= 0.6 is 0 Å². The highest BCUT2D eigenvalue weighted by atomic mass is 16.2. The summed E-state index contributed by atoms with van der Waals surface area (Å²) >= 11 is 0. The molecule has 0 aliphatic rings. The van der Waals surface area contributed by atoms with Crippen molar-refractivity contribution in [2.75, 3.05) is 20.6 Å². The normalized spacial score (nSPS) is 11.9. The summed E-state index contributed by atoms with van der Waals surface area (Å²) in [6.07, 6.45) is 12.2. The van der Waals surface area contributed by atoms with E-state index in [0.29, 0.717) is 18.7 Å². The third-order valence-corrected chi connectivity index (χ3v) is 5.62. The first-order valence-corrected chi connectivity index (χ1v) is 11.7. The Morgan fingerprint density at radius 1 is 1.20 bits per heavy atom. The molecule has 2 heterocycles. The van der Waals surface area contributed by atoms with Crippen LogP contribution in [0.15, 0.2) is 61.3 Å². The number of hydrogen-bond donors (Lipinski definition) is 4. The molecule has 1 aromatic carbocycles. The molecule has 0 aliphatic carbocycles. The summed E-state index contributed by atoms with van der Waals surface area (Å²) < 4.78 is 1.80. The van der Waals surface area contributed by atoms with Gasteiger partial charge in [-0.2, -0.15) is 5.10 Å². The van der Waals surface area contributed by atoms with E-state index >= 15 is 0 Å². The number of H-pyrrole nitrogens is 1. The third kappa shape index (κ3) is 7.73. The first-order valence-electron chi connectivity index (χ1n) is 11.7. The van der Waals surface area contributed by atoms with Crippen LogP contribution in [0.4, 0.5) is 0 Å². The molecule has 0 aliphatic heterocycles. The average Bonchev–Trinajstić information content (AvgIpc) is 3.56. The van der Waals surface area contributed by atoms with Crippen molar-refractivity contribution in [3.63, 3.8) is 0 Å². The zero-order chi connectivity index (χ0) is 25.0. The predicted octanol–water partition coefficient (Wildman–Crippen LogP) is 2.48. The van der Waals surface area contributed by atoms with Crippen molar-refractivity contribution in [1.29, 1.82) is 0 Å². The molecule has 0 fully saturated rings. The number of nitrogens with zero attached hydrogens (tertiary/aromatic N) is 4. The molecule has 0 unspecified atom stereocenters. The fourth-order valence-electron chi connectivity index (χ4n) is 3.75. The summed E-state index contributed by atoms with van der Waals surface area (Å²) in [5.74, 6) is 0.621. The van der Waals surface area contributed by atoms with Crippen molar-refractivity contribution in [2.45, 2.75) is 38.1 Å². The van der Waals surface area contributed by atoms with Gasteiger partial charge in [0.05, 0.1) is 30.2 Å². The maximum absolute atomic E-state index is 12.6. The highest BCUT2D eigenvalue weighted by Gasteiger charge is 2.19. The smallest absolute Gasteiger partial charge is 0.240 e. The van der Waals surface area contributed by atoms with Gasteiger partial charge < -0.3 is 26.3 Å². The summed E-state index contributed by atoms with van der Waals surface area (Å²) in [6.45, 7) is 0.184. The summed E-state index contributed by atoms with van der Waals surface area (Å²) in [4.78, 5) is 33.7. The zero-order valence-corrected chi connectivity index (χ0v) is 20.3. The molecule has 2 aromatic heterocycles. The molecule has 3 rings (SSSR count). The second kappa shape index (κ2) is 13.0. The number of imidazole rings is 1. The van der Waals surface area contributed by atoms with Gasteiger partial charge >= 0.3 is 0 Å². The molecular weight excluding hydrogens is 444 g/mol. The van der Waals surface area contributed by atoms with E-state index in [4.69, 9.17) is 5.73 Å². The molecule has 0 saturated heterocycles. The fraction of sp³-hybridized carbons (Fsp3) is 0.360. The quantitative estimate of drug-likeness (QED) is 0.279. The molecule has 1 atom stereocenters. The number of hydrogen-bond acceptors (Lipinski definition) is 6. The molecule has 0 radical (unpaired) electrons. The number of nitrogens with one attached hydrogen (secondary N) is 3. The number of benzene rings is 1. The van der Waals surface area contributed by atoms with Crippen molar-refractivity contribution in [3.05, 3.63) is 67.1 Å². The third-order valence-electron chi connectivity index (χ3n) is 5.62. The van der Waals surface area contributed by atoms with Gasteiger partial charge in [-0.1, -0.05) is 25.0 Å². The van der Waals surface area contributed by atoms with Crippen LogP contribution in [0.25, 0.3) is 16.9 Å². The van der Waals surface area contributed by atoms with Crippen molar-refractivity contribution in [1.82, 2.24) is 35.3 Å². The maximum Gasteiger partial charge on any atom is 0.240 e. The minimum Gasteiger partial charge on any atom is -0.403 e. The van der Waals surface area contributed by atoms with E-state index in [1.165, 1.54) is 6.20 Å². The first kappa shape index (κ1) is 25.5. The molecule has 3 aromatic rings. The van der Waals surface area contributed by atoms with E-state index in [1.54, 1.807) is 42.3 Å². The number of amides is 2. The molecule has 10 nitrogen and oxygen atoms in total. The standard InChI is InChI=1S/C25H34N8O2/c1-27-23(34)8-5-3-4-7-21(30-24(35)18-32(2)16-13-26)25-28-17-22(31-25)19-9-11-20(12-10-19)33-15-6-14-29-33/h6,9-17,21H,3-5,7-8,18,26H2,1-2H3,(H,27,34)(H,28,31)(H,30,35)/b16-13-/t21-/m0/s1. The van der Waals surface area contributed by atoms with Crippen molar-refractivity contribution >= 4 is 11.8 Å². The predicted molar refractivity (Wildman–Crippen MR) is 135 cm³/mol. The Hall–Kier alpha value is -4.08. The minimum absolute atomic E-state index is 0.0418. The van der Waals surface area contributed by atoms with Crippen molar-refractivity contribution < 1.29 is 9.59 Å². The second-order valence-corrected chi connectivity index (χ2v) is 8.33. The minimum atomic E-state index is -0.269. The van der Waals surface area contributed by atoms with E-state index < -0.39 is 0 Å². The summed E-state index contributed by atoms with van der Waals surface area (Å²) in [7, 11) is 3.43. The van der Waals surface area contributed by atoms with Gasteiger partial charge in [0.2, 0.25) is 11.8 Å². The Kier molecular flexibility index (Phi) is 9.47. The number of aromatic nitrogens is 4. The Labute approximate surface area is 205 Å². The zero-order valence-electron chi connectivity index (χ0n) is 20.3. The largest absolute Gasteiger partial charge is 0.403 e. The number of aromatic amines is 1. The van der Waals surface area contributed by atoms with Crippen LogP contribution in [0, 0.1) is 0 Å². The number of likely N-dealkylation sites (N-methyl/N-ethyl adjacent to an activating group) is 1. The van der Waals surface area contributed by atoms with E-state index in [9.17, 15) is 9.59 Å². The van der Waals surface area contributed by atoms with Gasteiger partial charge in [-0.05, 0) is 36.6 Å². The van der Waals surface area contributed by atoms with E-state index in [-0.39, 0.29) is 24.4 Å². The molecule has 10 heteroatoms. The number of nitrogens with two attached hydrogens (primary N) is 1. The first-order chi connectivity index (χ1) is 17.0.